The van der Waals surface area contributed by atoms with Crippen molar-refractivity contribution >= 4 is 10.9 Å². The quantitative estimate of drug-likeness (QED) is 0.920. The second-order valence-electron chi connectivity index (χ2n) is 6.95. The van der Waals surface area contributed by atoms with Crippen LogP contribution in [-0.2, 0) is 0 Å². The van der Waals surface area contributed by atoms with Crippen molar-refractivity contribution in [3.8, 4) is 0 Å². The van der Waals surface area contributed by atoms with E-state index in [1.807, 2.05) is 0 Å². The van der Waals surface area contributed by atoms with Gasteiger partial charge in [0.25, 0.3) is 0 Å². The summed E-state index contributed by atoms with van der Waals surface area (Å²) in [4.78, 5) is 2.33. The Morgan fingerprint density at radius 1 is 1.24 bits per heavy atom. The third-order valence-electron chi connectivity index (χ3n) is 5.03. The smallest absolute Gasteiger partial charge is 0.0923 e. The first kappa shape index (κ1) is 13.3. The van der Waals surface area contributed by atoms with Gasteiger partial charge in [0, 0.05) is 30.7 Å². The number of hydrogen-bond donors (Lipinski definition) is 1. The number of hydrogen-bond acceptors (Lipinski definition) is 3. The molecule has 0 saturated carbocycles. The van der Waals surface area contributed by atoms with Crippen LogP contribution in [0.15, 0.2) is 24.4 Å². The Kier molecular flexibility index (Phi) is 3.23. The Labute approximate surface area is 126 Å². The van der Waals surface area contributed by atoms with E-state index >= 15 is 0 Å². The fourth-order valence-corrected chi connectivity index (χ4v) is 3.58. The first-order valence-electron chi connectivity index (χ1n) is 8.10. The number of aromatic nitrogens is 2. The molecule has 2 aliphatic rings. The summed E-state index contributed by atoms with van der Waals surface area (Å²) in [5.41, 5.74) is 2.54. The Balaban J connectivity index is 1.58. The molecule has 1 aromatic carbocycles. The van der Waals surface area contributed by atoms with E-state index in [0.29, 0.717) is 12.1 Å². The first-order valence-corrected chi connectivity index (χ1v) is 8.10. The summed E-state index contributed by atoms with van der Waals surface area (Å²) in [6.45, 7) is 5.69. The number of likely N-dealkylation sites (tertiary alicyclic amines) is 1. The molecule has 2 aromatic rings. The number of nitrogens with one attached hydrogen (secondary N) is 1. The molecule has 0 spiro atoms. The van der Waals surface area contributed by atoms with Crippen LogP contribution in [0.3, 0.4) is 0 Å². The normalized spacial score (nSPS) is 27.9. The highest BCUT2D eigenvalue weighted by atomic mass is 15.4. The van der Waals surface area contributed by atoms with Crippen LogP contribution in [0.2, 0.25) is 0 Å². The van der Waals surface area contributed by atoms with Gasteiger partial charge in [0.15, 0.2) is 0 Å². The van der Waals surface area contributed by atoms with E-state index in [4.69, 9.17) is 5.10 Å². The highest BCUT2D eigenvalue weighted by molar-refractivity contribution is 5.79. The fourth-order valence-electron chi connectivity index (χ4n) is 3.58. The minimum absolute atomic E-state index is 0.517. The van der Waals surface area contributed by atoms with Gasteiger partial charge in [-0.1, -0.05) is 13.0 Å². The molecule has 0 bridgehead atoms. The van der Waals surface area contributed by atoms with Gasteiger partial charge in [0.2, 0.25) is 0 Å². The Bertz CT molecular complexity index is 633. The highest BCUT2D eigenvalue weighted by Gasteiger charge is 2.26. The maximum absolute atomic E-state index is 4.74. The maximum Gasteiger partial charge on any atom is 0.0923 e. The van der Waals surface area contributed by atoms with Crippen LogP contribution in [0, 0.1) is 5.92 Å². The van der Waals surface area contributed by atoms with Crippen molar-refractivity contribution in [2.75, 3.05) is 26.7 Å². The predicted molar refractivity (Wildman–Crippen MR) is 85.4 cm³/mol. The Hall–Kier alpha value is -1.39. The van der Waals surface area contributed by atoms with Crippen molar-refractivity contribution in [2.24, 2.45) is 5.92 Å². The lowest BCUT2D eigenvalue weighted by Gasteiger charge is -2.36. The van der Waals surface area contributed by atoms with Gasteiger partial charge in [-0.25, -0.2) is 0 Å². The molecule has 2 fully saturated rings. The highest BCUT2D eigenvalue weighted by Crippen LogP contribution is 2.28. The first-order chi connectivity index (χ1) is 10.2. The van der Waals surface area contributed by atoms with Crippen LogP contribution in [-0.4, -0.2) is 41.4 Å². The van der Waals surface area contributed by atoms with Crippen molar-refractivity contribution in [3.05, 3.63) is 30.0 Å². The Morgan fingerprint density at radius 3 is 2.81 bits per heavy atom. The zero-order chi connectivity index (χ0) is 14.4. The molecule has 4 rings (SSSR count). The minimum atomic E-state index is 0.517. The molecule has 2 saturated heterocycles. The van der Waals surface area contributed by atoms with Gasteiger partial charge in [0.1, 0.15) is 0 Å². The van der Waals surface area contributed by atoms with E-state index in [1.54, 1.807) is 0 Å². The van der Waals surface area contributed by atoms with E-state index in [9.17, 15) is 0 Å². The minimum Gasteiger partial charge on any atom is -0.310 e. The van der Waals surface area contributed by atoms with Gasteiger partial charge in [0.05, 0.1) is 11.6 Å². The summed E-state index contributed by atoms with van der Waals surface area (Å²) >= 11 is 0. The zero-order valence-corrected chi connectivity index (χ0v) is 12.9. The molecule has 0 aliphatic carbocycles. The molecule has 2 aliphatic heterocycles. The number of rotatable bonds is 2. The molecule has 4 nitrogen and oxygen atoms in total. The Morgan fingerprint density at radius 2 is 2.10 bits per heavy atom. The van der Waals surface area contributed by atoms with Gasteiger partial charge in [-0.15, -0.1) is 0 Å². The predicted octanol–water partition coefficient (Wildman–Crippen LogP) is 2.58. The molecule has 1 aromatic heterocycles. The van der Waals surface area contributed by atoms with Crippen molar-refractivity contribution in [1.82, 2.24) is 20.0 Å². The average molecular weight is 284 g/mol. The van der Waals surface area contributed by atoms with Crippen LogP contribution < -0.4 is 5.32 Å². The molecule has 2 atom stereocenters. The van der Waals surface area contributed by atoms with Crippen LogP contribution in [0.5, 0.6) is 0 Å². The van der Waals surface area contributed by atoms with Crippen molar-refractivity contribution in [2.45, 2.75) is 31.8 Å². The van der Waals surface area contributed by atoms with E-state index in [1.165, 1.54) is 23.8 Å². The molecular formula is C17H24N4. The summed E-state index contributed by atoms with van der Waals surface area (Å²) < 4.78 is 2.16. The molecular weight excluding hydrogens is 260 g/mol. The summed E-state index contributed by atoms with van der Waals surface area (Å²) in [7, 11) is 2.16. The van der Waals surface area contributed by atoms with Crippen LogP contribution in [0.4, 0.5) is 0 Å². The molecule has 21 heavy (non-hydrogen) atoms. The number of fused-ring (bicyclic) bond motifs is 1. The summed E-state index contributed by atoms with van der Waals surface area (Å²) in [5, 5.41) is 9.69. The number of benzene rings is 1. The van der Waals surface area contributed by atoms with Gasteiger partial charge >= 0.3 is 0 Å². The standard InChI is InChI=1S/C17H24N4/c1-12-3-5-16(18-8-12)13-4-6-17-14(7-13)9-21(19-17)15-10-20(2)11-15/h4,6-7,9,12,15-16,18H,3,5,8,10-11H2,1-2H3/t12-,16+/m0/s1. The topological polar surface area (TPSA) is 33.1 Å². The van der Waals surface area contributed by atoms with Gasteiger partial charge in [-0.3, -0.25) is 4.68 Å². The molecule has 0 amide bonds. The number of piperidine rings is 1. The summed E-state index contributed by atoms with van der Waals surface area (Å²) in [5.74, 6) is 0.809. The lowest BCUT2D eigenvalue weighted by Crippen LogP contribution is -2.45. The van der Waals surface area contributed by atoms with Crippen molar-refractivity contribution in [3.63, 3.8) is 0 Å². The third kappa shape index (κ3) is 2.47. The molecule has 4 heteroatoms. The SMILES string of the molecule is C[C@H]1CC[C@H](c2ccc3nn(C4CN(C)C4)cc3c2)NC1. The zero-order valence-electron chi connectivity index (χ0n) is 12.9. The summed E-state index contributed by atoms with van der Waals surface area (Å²) in [6.07, 6.45) is 4.79. The average Bonchev–Trinajstić information content (AvgIpc) is 2.87. The third-order valence-corrected chi connectivity index (χ3v) is 5.03. The van der Waals surface area contributed by atoms with E-state index in [0.717, 1.165) is 31.1 Å². The number of nitrogens with zero attached hydrogens (tertiary/aromatic N) is 3. The molecule has 112 valence electrons. The lowest BCUT2D eigenvalue weighted by atomic mass is 9.92. The fraction of sp³-hybridized carbons (Fsp3) is 0.588. The van der Waals surface area contributed by atoms with Crippen molar-refractivity contribution in [1.29, 1.82) is 0 Å². The second-order valence-corrected chi connectivity index (χ2v) is 6.95. The molecule has 3 heterocycles. The molecule has 0 radical (unpaired) electrons. The van der Waals surface area contributed by atoms with Crippen LogP contribution in [0.1, 0.15) is 37.4 Å². The van der Waals surface area contributed by atoms with Crippen LogP contribution >= 0.6 is 0 Å². The van der Waals surface area contributed by atoms with Gasteiger partial charge < -0.3 is 10.2 Å². The van der Waals surface area contributed by atoms with Gasteiger partial charge in [-0.05, 0) is 50.0 Å². The lowest BCUT2D eigenvalue weighted by molar-refractivity contribution is 0.131. The maximum atomic E-state index is 4.74. The molecule has 1 N–H and O–H groups in total. The van der Waals surface area contributed by atoms with E-state index in [2.05, 4.69) is 53.3 Å². The van der Waals surface area contributed by atoms with E-state index < -0.39 is 0 Å². The molecule has 0 unspecified atom stereocenters. The summed E-state index contributed by atoms with van der Waals surface area (Å²) in [6, 6.07) is 7.83. The van der Waals surface area contributed by atoms with Gasteiger partial charge in [-0.2, -0.15) is 5.10 Å². The van der Waals surface area contributed by atoms with Crippen molar-refractivity contribution < 1.29 is 0 Å². The second kappa shape index (κ2) is 5.11. The number of likely N-dealkylation sites (N-methyl/N-ethyl adjacent to an activating group) is 1. The monoisotopic (exact) mass is 284 g/mol. The largest absolute Gasteiger partial charge is 0.310 e. The van der Waals surface area contributed by atoms with E-state index in [-0.39, 0.29) is 0 Å². The van der Waals surface area contributed by atoms with Crippen LogP contribution in [0.25, 0.3) is 10.9 Å².